The van der Waals surface area contributed by atoms with Crippen LogP contribution in [-0.2, 0) is 20.9 Å². The highest BCUT2D eigenvalue weighted by Gasteiger charge is 2.29. The van der Waals surface area contributed by atoms with Gasteiger partial charge in [-0.3, -0.25) is 19.4 Å². The number of carbonyl (C=O) groups is 3. The fourth-order valence-electron chi connectivity index (χ4n) is 5.50. The fraction of sp³-hybridized carbons (Fsp3) is 0.719. The van der Waals surface area contributed by atoms with Crippen LogP contribution < -0.4 is 10.6 Å². The molecule has 1 aliphatic carbocycles. The Morgan fingerprint density at radius 2 is 1.69 bits per heavy atom. The van der Waals surface area contributed by atoms with E-state index < -0.39 is 17.7 Å². The van der Waals surface area contributed by atoms with Crippen LogP contribution in [-0.4, -0.2) is 88.7 Å². The monoisotopic (exact) mass is 620 g/mol. The molecule has 2 aliphatic rings. The number of carbonyl (C=O) groups excluding carboxylic acids is 3. The van der Waals surface area contributed by atoms with E-state index in [2.05, 4.69) is 39.8 Å². The zero-order valence-corrected chi connectivity index (χ0v) is 27.7. The van der Waals surface area contributed by atoms with E-state index in [4.69, 9.17) is 4.74 Å². The van der Waals surface area contributed by atoms with Crippen molar-refractivity contribution in [3.05, 3.63) is 35.9 Å². The number of ether oxygens (including phenoxy) is 1. The predicted molar refractivity (Wildman–Crippen MR) is 175 cm³/mol. The fourth-order valence-corrected chi connectivity index (χ4v) is 7.28. The van der Waals surface area contributed by atoms with Gasteiger partial charge in [0.15, 0.2) is 0 Å². The third-order valence-electron chi connectivity index (χ3n) is 7.72. The number of likely N-dealkylation sites (tertiary alicyclic amines) is 1. The highest BCUT2D eigenvalue weighted by molar-refractivity contribution is 7.99. The van der Waals surface area contributed by atoms with Gasteiger partial charge in [-0.2, -0.15) is 11.8 Å². The lowest BCUT2D eigenvalue weighted by atomic mass is 10.0. The molecule has 0 bridgehead atoms. The van der Waals surface area contributed by atoms with Gasteiger partial charge in [-0.25, -0.2) is 4.79 Å². The molecule has 1 atom stereocenters. The molecule has 2 N–H and O–H groups in total. The van der Waals surface area contributed by atoms with Gasteiger partial charge in [0.05, 0.1) is 5.88 Å². The molecule has 3 amide bonds. The summed E-state index contributed by atoms with van der Waals surface area (Å²) < 4.78 is 5.50. The SMILES string of the molecule is CSCN(CC(=O)NC(CSCC1CCCCCC1)C(=O)NC1CCN(Cc2ccccc2)CC1)C(=O)OC(C)(C)C. The molecule has 2 fully saturated rings. The molecule has 0 radical (unpaired) electrons. The van der Waals surface area contributed by atoms with Gasteiger partial charge in [-0.15, -0.1) is 11.8 Å². The lowest BCUT2D eigenvalue weighted by Gasteiger charge is -2.33. The Morgan fingerprint density at radius 3 is 2.31 bits per heavy atom. The van der Waals surface area contributed by atoms with Gasteiger partial charge in [0, 0.05) is 31.4 Å². The number of nitrogens with zero attached hydrogens (tertiary/aromatic N) is 2. The van der Waals surface area contributed by atoms with Gasteiger partial charge in [-0.05, 0) is 69.9 Å². The van der Waals surface area contributed by atoms with Crippen molar-refractivity contribution >= 4 is 41.4 Å². The molecule has 1 heterocycles. The Morgan fingerprint density at radius 1 is 1.02 bits per heavy atom. The first-order chi connectivity index (χ1) is 20.1. The van der Waals surface area contributed by atoms with Crippen LogP contribution in [0.25, 0.3) is 0 Å². The highest BCUT2D eigenvalue weighted by Crippen LogP contribution is 2.26. The molecule has 1 unspecified atom stereocenters. The van der Waals surface area contributed by atoms with E-state index in [0.717, 1.165) is 38.2 Å². The summed E-state index contributed by atoms with van der Waals surface area (Å²) in [5, 5.41) is 6.20. The van der Waals surface area contributed by atoms with Gasteiger partial charge >= 0.3 is 6.09 Å². The number of amides is 3. The predicted octanol–water partition coefficient (Wildman–Crippen LogP) is 5.51. The van der Waals surface area contributed by atoms with E-state index in [1.54, 1.807) is 32.5 Å². The Kier molecular flexibility index (Phi) is 14.8. The summed E-state index contributed by atoms with van der Waals surface area (Å²) in [4.78, 5) is 43.2. The number of piperidine rings is 1. The van der Waals surface area contributed by atoms with Gasteiger partial charge in [0.2, 0.25) is 11.8 Å². The van der Waals surface area contributed by atoms with Crippen LogP contribution in [0.2, 0.25) is 0 Å². The first-order valence-corrected chi connectivity index (χ1v) is 18.1. The normalized spacial score (nSPS) is 18.1. The van der Waals surface area contributed by atoms with Crippen LogP contribution in [0.3, 0.4) is 0 Å². The van der Waals surface area contributed by atoms with Gasteiger partial charge in [-0.1, -0.05) is 56.0 Å². The van der Waals surface area contributed by atoms with E-state index >= 15 is 0 Å². The zero-order chi connectivity index (χ0) is 30.4. The van der Waals surface area contributed by atoms with Crippen LogP contribution in [0.4, 0.5) is 4.79 Å². The topological polar surface area (TPSA) is 91.0 Å². The van der Waals surface area contributed by atoms with Crippen LogP contribution >= 0.6 is 23.5 Å². The summed E-state index contributed by atoms with van der Waals surface area (Å²) >= 11 is 3.21. The lowest BCUT2D eigenvalue weighted by molar-refractivity contribution is -0.129. The minimum absolute atomic E-state index is 0.0885. The van der Waals surface area contributed by atoms with Crippen LogP contribution in [0.1, 0.15) is 77.7 Å². The van der Waals surface area contributed by atoms with E-state index in [9.17, 15) is 14.4 Å². The summed E-state index contributed by atoms with van der Waals surface area (Å²) in [6.45, 7) is 8.04. The molecular weight excluding hydrogens is 569 g/mol. The maximum atomic E-state index is 13.5. The molecule has 8 nitrogen and oxygen atoms in total. The molecule has 236 valence electrons. The summed E-state index contributed by atoms with van der Waals surface area (Å²) in [6, 6.07) is 9.91. The van der Waals surface area contributed by atoms with Crippen molar-refractivity contribution in [2.24, 2.45) is 5.92 Å². The van der Waals surface area contributed by atoms with Crippen LogP contribution in [0.5, 0.6) is 0 Å². The summed E-state index contributed by atoms with van der Waals surface area (Å²) in [5.74, 6) is 2.06. The van der Waals surface area contributed by atoms with Crippen molar-refractivity contribution in [2.45, 2.75) is 96.4 Å². The molecule has 10 heteroatoms. The lowest BCUT2D eigenvalue weighted by Crippen LogP contribution is -2.54. The third kappa shape index (κ3) is 13.2. The quantitative estimate of drug-likeness (QED) is 0.222. The molecular formula is C32H52N4O4S2. The molecule has 1 aromatic carbocycles. The molecule has 3 rings (SSSR count). The second-order valence-electron chi connectivity index (χ2n) is 12.7. The van der Waals surface area contributed by atoms with Crippen molar-refractivity contribution in [3.63, 3.8) is 0 Å². The Balaban J connectivity index is 1.56. The number of thioether (sulfide) groups is 2. The van der Waals surface area contributed by atoms with Gasteiger partial charge in [0.25, 0.3) is 0 Å². The summed E-state index contributed by atoms with van der Waals surface area (Å²) in [5.41, 5.74) is 0.646. The Hall–Kier alpha value is -1.91. The van der Waals surface area contributed by atoms with Crippen LogP contribution in [0, 0.1) is 5.92 Å². The molecule has 1 saturated heterocycles. The minimum Gasteiger partial charge on any atom is -0.444 e. The van der Waals surface area contributed by atoms with Crippen molar-refractivity contribution in [1.82, 2.24) is 20.4 Å². The highest BCUT2D eigenvalue weighted by atomic mass is 32.2. The first kappa shape index (κ1) is 34.6. The van der Waals surface area contributed by atoms with Crippen molar-refractivity contribution in [1.29, 1.82) is 0 Å². The molecule has 42 heavy (non-hydrogen) atoms. The van der Waals surface area contributed by atoms with E-state index in [1.807, 2.05) is 12.3 Å². The average molecular weight is 621 g/mol. The number of benzene rings is 1. The second kappa shape index (κ2) is 18.0. The zero-order valence-electron chi connectivity index (χ0n) is 26.1. The minimum atomic E-state index is -0.655. The van der Waals surface area contributed by atoms with E-state index in [1.165, 1.54) is 60.8 Å². The second-order valence-corrected chi connectivity index (χ2v) is 14.6. The first-order valence-electron chi connectivity index (χ1n) is 15.5. The van der Waals surface area contributed by atoms with E-state index in [0.29, 0.717) is 17.5 Å². The molecule has 0 spiro atoms. The number of hydrogen-bond acceptors (Lipinski definition) is 7. The Labute approximate surface area is 261 Å². The summed E-state index contributed by atoms with van der Waals surface area (Å²) in [7, 11) is 0. The smallest absolute Gasteiger partial charge is 0.411 e. The largest absolute Gasteiger partial charge is 0.444 e. The molecule has 1 saturated carbocycles. The van der Waals surface area contributed by atoms with Crippen molar-refractivity contribution in [2.75, 3.05) is 43.3 Å². The maximum Gasteiger partial charge on any atom is 0.411 e. The average Bonchev–Trinajstić information content (AvgIpc) is 3.22. The third-order valence-corrected chi connectivity index (χ3v) is 9.56. The molecule has 1 aliphatic heterocycles. The molecule has 1 aromatic rings. The van der Waals surface area contributed by atoms with Crippen molar-refractivity contribution in [3.8, 4) is 0 Å². The van der Waals surface area contributed by atoms with E-state index in [-0.39, 0.29) is 24.4 Å². The van der Waals surface area contributed by atoms with Gasteiger partial charge < -0.3 is 15.4 Å². The Bertz CT molecular complexity index is 959. The number of nitrogens with one attached hydrogen (secondary N) is 2. The van der Waals surface area contributed by atoms with Crippen molar-refractivity contribution < 1.29 is 19.1 Å². The maximum absolute atomic E-state index is 13.5. The molecule has 0 aromatic heterocycles. The number of hydrogen-bond donors (Lipinski definition) is 2. The number of rotatable bonds is 13. The van der Waals surface area contributed by atoms with Crippen LogP contribution in [0.15, 0.2) is 30.3 Å². The standard InChI is InChI=1S/C32H52N4O4S2/c1-32(2,3)40-31(39)36(24-41-4)21-29(37)34-28(23-42-22-26-14-8-5-6-9-15-26)30(38)33-27-16-18-35(19-17-27)20-25-12-10-7-11-13-25/h7,10-13,26-28H,5-6,8-9,14-24H2,1-4H3,(H,33,38)(H,34,37). The summed E-state index contributed by atoms with van der Waals surface area (Å²) in [6.07, 6.45) is 10.8. The van der Waals surface area contributed by atoms with Gasteiger partial charge in [0.1, 0.15) is 18.2 Å².